The van der Waals surface area contributed by atoms with Crippen molar-refractivity contribution in [3.8, 4) is 11.1 Å². The van der Waals surface area contributed by atoms with Gasteiger partial charge in [0.15, 0.2) is 0 Å². The third-order valence-electron chi connectivity index (χ3n) is 7.41. The first-order valence-corrected chi connectivity index (χ1v) is 12.8. The Morgan fingerprint density at radius 2 is 1.36 bits per heavy atom. The topological polar surface area (TPSA) is 0 Å². The Hall–Kier alpha value is -2.48. The van der Waals surface area contributed by atoms with Gasteiger partial charge >= 0.3 is 0 Å². The molecule has 3 aromatic carbocycles. The van der Waals surface area contributed by atoms with Crippen LogP contribution in [-0.2, 0) is 12.8 Å². The zero-order valence-corrected chi connectivity index (χ0v) is 19.8. The fourth-order valence-electron chi connectivity index (χ4n) is 5.28. The van der Waals surface area contributed by atoms with Gasteiger partial charge in [-0.15, -0.1) is 0 Å². The summed E-state index contributed by atoms with van der Waals surface area (Å²) < 4.78 is 28.1. The second kappa shape index (κ2) is 11.6. The van der Waals surface area contributed by atoms with E-state index in [9.17, 15) is 4.39 Å². The first-order chi connectivity index (χ1) is 16.1. The molecule has 0 atom stereocenters. The van der Waals surface area contributed by atoms with Crippen LogP contribution in [0, 0.1) is 17.6 Å². The van der Waals surface area contributed by atoms with Gasteiger partial charge in [0.25, 0.3) is 0 Å². The third kappa shape index (κ3) is 6.53. The molecule has 1 aliphatic carbocycles. The van der Waals surface area contributed by atoms with Gasteiger partial charge in [-0.05, 0) is 90.8 Å². The summed E-state index contributed by atoms with van der Waals surface area (Å²) in [5.41, 5.74) is 5.09. The number of rotatable bonds is 9. The molecule has 3 aromatic rings. The van der Waals surface area contributed by atoms with Crippen molar-refractivity contribution in [1.29, 1.82) is 0 Å². The maximum Gasteiger partial charge on any atom is 0.131 e. The summed E-state index contributed by atoms with van der Waals surface area (Å²) in [5, 5.41) is 0. The van der Waals surface area contributed by atoms with Gasteiger partial charge in [0, 0.05) is 5.56 Å². The van der Waals surface area contributed by atoms with E-state index in [-0.39, 0.29) is 11.6 Å². The molecule has 0 saturated heterocycles. The van der Waals surface area contributed by atoms with E-state index in [0.717, 1.165) is 29.9 Å². The molecule has 1 fully saturated rings. The molecule has 0 unspecified atom stereocenters. The molecule has 0 heterocycles. The highest BCUT2D eigenvalue weighted by Crippen LogP contribution is 2.39. The maximum atomic E-state index is 15.0. The second-order valence-corrected chi connectivity index (χ2v) is 9.78. The number of hydrogen-bond acceptors (Lipinski definition) is 0. The van der Waals surface area contributed by atoms with Crippen LogP contribution < -0.4 is 0 Å². The molecule has 0 bridgehead atoms. The predicted molar refractivity (Wildman–Crippen MR) is 134 cm³/mol. The molecular weight excluding hydrogens is 410 g/mol. The lowest BCUT2D eigenvalue weighted by Crippen LogP contribution is -2.13. The summed E-state index contributed by atoms with van der Waals surface area (Å²) in [5.74, 6) is 1.06. The molecule has 0 aromatic heterocycles. The highest BCUT2D eigenvalue weighted by atomic mass is 19.1. The fourth-order valence-corrected chi connectivity index (χ4v) is 5.28. The van der Waals surface area contributed by atoms with Gasteiger partial charge in [-0.25, -0.2) is 8.78 Å². The van der Waals surface area contributed by atoms with E-state index < -0.39 is 0 Å². The lowest BCUT2D eigenvalue weighted by atomic mass is 9.77. The van der Waals surface area contributed by atoms with E-state index in [0.29, 0.717) is 11.5 Å². The molecule has 0 aliphatic heterocycles. The molecule has 1 aliphatic rings. The third-order valence-corrected chi connectivity index (χ3v) is 7.41. The molecule has 0 nitrogen and oxygen atoms in total. The maximum absolute atomic E-state index is 15.0. The van der Waals surface area contributed by atoms with Crippen molar-refractivity contribution in [3.05, 3.63) is 95.1 Å². The van der Waals surface area contributed by atoms with Crippen molar-refractivity contribution < 1.29 is 8.78 Å². The summed E-state index contributed by atoms with van der Waals surface area (Å²) in [7, 11) is 0. The minimum absolute atomic E-state index is 0.114. The van der Waals surface area contributed by atoms with Crippen LogP contribution in [-0.4, -0.2) is 0 Å². The molecule has 33 heavy (non-hydrogen) atoms. The highest BCUT2D eigenvalue weighted by molar-refractivity contribution is 5.65. The van der Waals surface area contributed by atoms with Crippen LogP contribution in [0.1, 0.15) is 80.9 Å². The van der Waals surface area contributed by atoms with E-state index in [1.54, 1.807) is 6.07 Å². The first-order valence-electron chi connectivity index (χ1n) is 12.8. The number of unbranched alkanes of at least 4 members (excludes halogenated alkanes) is 2. The standard InChI is InChI=1S/C31H36F2/c1-2-3-4-5-23-8-14-26(15-9-23)28-18-21-30(31(33)22-28)27-16-10-24(11-17-27)6-7-25-12-19-29(32)20-13-25/h10-13,16-23,26H,2-9,14-15H2,1H3. The van der Waals surface area contributed by atoms with Crippen molar-refractivity contribution in [1.82, 2.24) is 0 Å². The SMILES string of the molecule is CCCCCC1CCC(c2ccc(-c3ccc(CCc4ccc(F)cc4)cc3)c(F)c2)CC1. The zero-order valence-electron chi connectivity index (χ0n) is 19.8. The monoisotopic (exact) mass is 446 g/mol. The lowest BCUT2D eigenvalue weighted by Gasteiger charge is -2.29. The summed E-state index contributed by atoms with van der Waals surface area (Å²) in [6, 6.07) is 20.7. The predicted octanol–water partition coefficient (Wildman–Crippen LogP) is 9.27. The largest absolute Gasteiger partial charge is 0.207 e. The Morgan fingerprint density at radius 1 is 0.727 bits per heavy atom. The Morgan fingerprint density at radius 3 is 1.97 bits per heavy atom. The van der Waals surface area contributed by atoms with Gasteiger partial charge in [-0.2, -0.15) is 0 Å². The van der Waals surface area contributed by atoms with Gasteiger partial charge in [0.1, 0.15) is 11.6 Å². The lowest BCUT2D eigenvalue weighted by molar-refractivity contribution is 0.302. The second-order valence-electron chi connectivity index (χ2n) is 9.78. The first kappa shape index (κ1) is 23.7. The Labute approximate surface area is 198 Å². The normalized spacial score (nSPS) is 18.4. The molecule has 0 N–H and O–H groups in total. The van der Waals surface area contributed by atoms with E-state index in [1.165, 1.54) is 74.6 Å². The van der Waals surface area contributed by atoms with Gasteiger partial charge in [-0.3, -0.25) is 0 Å². The van der Waals surface area contributed by atoms with Gasteiger partial charge < -0.3 is 0 Å². The van der Waals surface area contributed by atoms with Crippen LogP contribution in [0.3, 0.4) is 0 Å². The summed E-state index contributed by atoms with van der Waals surface area (Å²) in [6.07, 6.45) is 12.1. The average Bonchev–Trinajstić information content (AvgIpc) is 2.85. The molecule has 0 spiro atoms. The summed E-state index contributed by atoms with van der Waals surface area (Å²) in [6.45, 7) is 2.26. The van der Waals surface area contributed by atoms with Gasteiger partial charge in [0.2, 0.25) is 0 Å². The van der Waals surface area contributed by atoms with Crippen LogP contribution in [0.2, 0.25) is 0 Å². The van der Waals surface area contributed by atoms with Crippen LogP contribution in [0.5, 0.6) is 0 Å². The minimum atomic E-state index is -0.203. The molecule has 174 valence electrons. The Kier molecular flexibility index (Phi) is 8.31. The van der Waals surface area contributed by atoms with Crippen molar-refractivity contribution in [3.63, 3.8) is 0 Å². The van der Waals surface area contributed by atoms with Gasteiger partial charge in [0.05, 0.1) is 0 Å². The molecule has 2 heteroatoms. The minimum Gasteiger partial charge on any atom is -0.207 e. The van der Waals surface area contributed by atoms with E-state index in [1.807, 2.05) is 30.3 Å². The molecule has 4 rings (SSSR count). The van der Waals surface area contributed by atoms with Crippen LogP contribution in [0.15, 0.2) is 66.7 Å². The molecular formula is C31H36F2. The number of hydrogen-bond donors (Lipinski definition) is 0. The number of halogens is 2. The average molecular weight is 447 g/mol. The molecule has 0 radical (unpaired) electrons. The zero-order chi connectivity index (χ0) is 23.0. The van der Waals surface area contributed by atoms with E-state index in [4.69, 9.17) is 0 Å². The summed E-state index contributed by atoms with van der Waals surface area (Å²) in [4.78, 5) is 0. The number of aryl methyl sites for hydroxylation is 2. The highest BCUT2D eigenvalue weighted by Gasteiger charge is 2.23. The van der Waals surface area contributed by atoms with Crippen molar-refractivity contribution in [2.24, 2.45) is 5.92 Å². The number of benzene rings is 3. The molecule has 0 amide bonds. The van der Waals surface area contributed by atoms with Crippen LogP contribution in [0.25, 0.3) is 11.1 Å². The Bertz CT molecular complexity index is 996. The molecule has 1 saturated carbocycles. The fraction of sp³-hybridized carbons (Fsp3) is 0.419. The van der Waals surface area contributed by atoms with Crippen molar-refractivity contribution >= 4 is 0 Å². The van der Waals surface area contributed by atoms with Crippen molar-refractivity contribution in [2.45, 2.75) is 77.0 Å². The van der Waals surface area contributed by atoms with Crippen LogP contribution in [0.4, 0.5) is 8.78 Å². The smallest absolute Gasteiger partial charge is 0.131 e. The van der Waals surface area contributed by atoms with Crippen LogP contribution >= 0.6 is 0 Å². The quantitative estimate of drug-likeness (QED) is 0.287. The summed E-state index contributed by atoms with van der Waals surface area (Å²) >= 11 is 0. The van der Waals surface area contributed by atoms with Gasteiger partial charge in [-0.1, -0.05) is 81.1 Å². The Balaban J connectivity index is 1.33. The van der Waals surface area contributed by atoms with E-state index in [2.05, 4.69) is 25.1 Å². The van der Waals surface area contributed by atoms with E-state index >= 15 is 4.39 Å². The van der Waals surface area contributed by atoms with Crippen molar-refractivity contribution in [2.75, 3.05) is 0 Å².